The quantitative estimate of drug-likeness (QED) is 0.555. The van der Waals surface area contributed by atoms with Gasteiger partial charge in [0.05, 0.1) is 9.40 Å². The lowest BCUT2D eigenvalue weighted by atomic mass is 10.0. The number of nitro groups is 1. The van der Waals surface area contributed by atoms with Crippen LogP contribution in [0.1, 0.15) is 26.7 Å². The van der Waals surface area contributed by atoms with E-state index in [1.807, 2.05) is 6.26 Å². The van der Waals surface area contributed by atoms with Crippen molar-refractivity contribution in [3.05, 3.63) is 32.5 Å². The van der Waals surface area contributed by atoms with Gasteiger partial charge < -0.3 is 5.32 Å². The van der Waals surface area contributed by atoms with Crippen molar-refractivity contribution in [1.29, 1.82) is 0 Å². The summed E-state index contributed by atoms with van der Waals surface area (Å²) in [6, 6.07) is 2.36. The lowest BCUT2D eigenvalue weighted by Gasteiger charge is -2.30. The zero-order chi connectivity index (χ0) is 15.3. The molecule has 7 heteroatoms. The van der Waals surface area contributed by atoms with Gasteiger partial charge in [-0.15, -0.1) is 0 Å². The van der Waals surface area contributed by atoms with Crippen LogP contribution in [-0.4, -0.2) is 22.5 Å². The minimum atomic E-state index is -0.513. The number of halogens is 2. The third-order valence-corrected chi connectivity index (χ3v) is 5.75. The minimum Gasteiger partial charge on any atom is -0.378 e. The number of thioether (sulfide) groups is 1. The second-order valence-electron chi connectivity index (χ2n) is 4.49. The number of nitrogens with zero attached hydrogens (tertiary/aromatic N) is 1. The highest BCUT2D eigenvalue weighted by Crippen LogP contribution is 2.34. The summed E-state index contributed by atoms with van der Waals surface area (Å²) >= 11 is 4.69. The highest BCUT2D eigenvalue weighted by molar-refractivity contribution is 9.10. The molecule has 0 amide bonds. The number of nitrogens with one attached hydrogen (secondary N) is 1. The predicted molar refractivity (Wildman–Crippen MR) is 86.1 cm³/mol. The van der Waals surface area contributed by atoms with Crippen molar-refractivity contribution < 1.29 is 9.31 Å². The van der Waals surface area contributed by atoms with Crippen molar-refractivity contribution in [3.63, 3.8) is 0 Å². The zero-order valence-corrected chi connectivity index (χ0v) is 14.1. The highest BCUT2D eigenvalue weighted by Gasteiger charge is 2.26. The summed E-state index contributed by atoms with van der Waals surface area (Å²) in [6.07, 6.45) is 3.89. The van der Waals surface area contributed by atoms with Gasteiger partial charge >= 0.3 is 0 Å². The Bertz CT molecular complexity index is 487. The Morgan fingerprint density at radius 1 is 1.45 bits per heavy atom. The molecule has 112 valence electrons. The number of rotatable bonds is 7. The van der Waals surface area contributed by atoms with Gasteiger partial charge in [0.15, 0.2) is 0 Å². The second kappa shape index (κ2) is 7.26. The third-order valence-electron chi connectivity index (χ3n) is 3.56. The summed E-state index contributed by atoms with van der Waals surface area (Å²) in [5, 5.41) is 14.1. The highest BCUT2D eigenvalue weighted by atomic mass is 79.9. The number of nitro benzene ring substituents is 1. The molecule has 0 saturated heterocycles. The molecule has 0 aliphatic rings. The maximum atomic E-state index is 13.6. The van der Waals surface area contributed by atoms with Gasteiger partial charge in [-0.2, -0.15) is 11.8 Å². The van der Waals surface area contributed by atoms with Crippen LogP contribution in [0, 0.1) is 15.9 Å². The molecule has 0 unspecified atom stereocenters. The first kappa shape index (κ1) is 17.2. The van der Waals surface area contributed by atoms with Crippen LogP contribution in [0.5, 0.6) is 0 Å². The van der Waals surface area contributed by atoms with Crippen molar-refractivity contribution in [3.8, 4) is 0 Å². The monoisotopic (exact) mass is 364 g/mol. The van der Waals surface area contributed by atoms with Crippen LogP contribution in [0.25, 0.3) is 0 Å². The minimum absolute atomic E-state index is 0.00256. The average Bonchev–Trinajstić information content (AvgIpc) is 2.44. The van der Waals surface area contributed by atoms with Crippen LogP contribution in [0.15, 0.2) is 16.6 Å². The van der Waals surface area contributed by atoms with Crippen molar-refractivity contribution >= 4 is 39.1 Å². The van der Waals surface area contributed by atoms with E-state index < -0.39 is 10.7 Å². The van der Waals surface area contributed by atoms with E-state index in [0.717, 1.165) is 12.8 Å². The fraction of sp³-hybridized carbons (Fsp3) is 0.538. The Morgan fingerprint density at radius 3 is 2.50 bits per heavy atom. The van der Waals surface area contributed by atoms with Gasteiger partial charge in [0.1, 0.15) is 11.5 Å². The number of hydrogen-bond acceptors (Lipinski definition) is 4. The first-order valence-electron chi connectivity index (χ1n) is 6.31. The fourth-order valence-electron chi connectivity index (χ4n) is 1.95. The molecule has 0 atom stereocenters. The third kappa shape index (κ3) is 3.85. The Kier molecular flexibility index (Phi) is 6.26. The molecule has 0 aliphatic heterocycles. The van der Waals surface area contributed by atoms with Crippen LogP contribution >= 0.6 is 27.7 Å². The predicted octanol–water partition coefficient (Wildman–Crippen LogP) is 4.83. The Balaban J connectivity index is 3.03. The van der Waals surface area contributed by atoms with Crippen LogP contribution in [-0.2, 0) is 0 Å². The van der Waals surface area contributed by atoms with Crippen molar-refractivity contribution in [2.24, 2.45) is 0 Å². The molecule has 0 bridgehead atoms. The summed E-state index contributed by atoms with van der Waals surface area (Å²) in [4.78, 5) is 10.5. The first-order chi connectivity index (χ1) is 9.39. The van der Waals surface area contributed by atoms with Gasteiger partial charge in [-0.25, -0.2) is 4.39 Å². The summed E-state index contributed by atoms with van der Waals surface area (Å²) in [6.45, 7) is 4.72. The van der Waals surface area contributed by atoms with Crippen LogP contribution in [0.4, 0.5) is 15.8 Å². The zero-order valence-electron chi connectivity index (χ0n) is 11.7. The lowest BCUT2D eigenvalue weighted by molar-refractivity contribution is -0.384. The fourth-order valence-corrected chi connectivity index (χ4v) is 3.07. The van der Waals surface area contributed by atoms with Crippen LogP contribution < -0.4 is 5.32 Å². The largest absolute Gasteiger partial charge is 0.378 e. The summed E-state index contributed by atoms with van der Waals surface area (Å²) in [5.41, 5.74) is 0.0940. The molecule has 1 N–H and O–H groups in total. The van der Waals surface area contributed by atoms with E-state index in [1.165, 1.54) is 12.1 Å². The average molecular weight is 365 g/mol. The molecule has 1 aromatic rings. The Labute approximate surface area is 130 Å². The van der Waals surface area contributed by atoms with E-state index in [4.69, 9.17) is 0 Å². The molecule has 0 saturated carbocycles. The SMILES string of the molecule is CCC(CC)(CNc1cc(F)c(Br)cc1[N+](=O)[O-])SC. The van der Waals surface area contributed by atoms with Crippen molar-refractivity contribution in [2.75, 3.05) is 18.1 Å². The molecule has 0 aromatic heterocycles. The normalized spacial score (nSPS) is 11.4. The molecule has 0 heterocycles. The number of benzene rings is 1. The van der Waals surface area contributed by atoms with Gasteiger partial charge in [0.2, 0.25) is 0 Å². The van der Waals surface area contributed by atoms with E-state index in [1.54, 1.807) is 11.8 Å². The smallest absolute Gasteiger partial charge is 0.293 e. The summed E-state index contributed by atoms with van der Waals surface area (Å²) < 4.78 is 13.7. The van der Waals surface area contributed by atoms with Gasteiger partial charge in [-0.05, 0) is 35.0 Å². The molecule has 0 aliphatic carbocycles. The maximum absolute atomic E-state index is 13.6. The second-order valence-corrected chi connectivity index (χ2v) is 6.62. The van der Waals surface area contributed by atoms with E-state index in [-0.39, 0.29) is 20.6 Å². The Hall–Kier alpha value is -0.820. The molecular formula is C13H18BrFN2O2S. The van der Waals surface area contributed by atoms with Crippen LogP contribution in [0.3, 0.4) is 0 Å². The molecule has 1 rings (SSSR count). The van der Waals surface area contributed by atoms with Gasteiger partial charge in [-0.1, -0.05) is 13.8 Å². The topological polar surface area (TPSA) is 55.2 Å². The lowest BCUT2D eigenvalue weighted by Crippen LogP contribution is -2.32. The van der Waals surface area contributed by atoms with E-state index >= 15 is 0 Å². The molecule has 0 spiro atoms. The van der Waals surface area contributed by atoms with Crippen LogP contribution in [0.2, 0.25) is 0 Å². The number of anilines is 1. The van der Waals surface area contributed by atoms with Gasteiger partial charge in [0, 0.05) is 23.4 Å². The van der Waals surface area contributed by atoms with Crippen molar-refractivity contribution in [2.45, 2.75) is 31.4 Å². The van der Waals surface area contributed by atoms with E-state index in [9.17, 15) is 14.5 Å². The molecule has 4 nitrogen and oxygen atoms in total. The molecule has 0 fully saturated rings. The molecule has 0 radical (unpaired) electrons. The molecular weight excluding hydrogens is 347 g/mol. The standard InChI is InChI=1S/C13H18BrFN2O2S/c1-4-13(5-2,20-3)8-16-11-7-10(15)9(14)6-12(11)17(18)19/h6-7,16H,4-5,8H2,1-3H3. The van der Waals surface area contributed by atoms with Gasteiger partial charge in [-0.3, -0.25) is 10.1 Å². The Morgan fingerprint density at radius 2 is 2.05 bits per heavy atom. The van der Waals surface area contributed by atoms with E-state index in [0.29, 0.717) is 6.54 Å². The molecule has 20 heavy (non-hydrogen) atoms. The van der Waals surface area contributed by atoms with E-state index in [2.05, 4.69) is 35.1 Å². The number of hydrogen-bond donors (Lipinski definition) is 1. The molecule has 1 aromatic carbocycles. The summed E-state index contributed by atoms with van der Waals surface area (Å²) in [7, 11) is 0. The van der Waals surface area contributed by atoms with Gasteiger partial charge in [0.25, 0.3) is 5.69 Å². The first-order valence-corrected chi connectivity index (χ1v) is 8.33. The maximum Gasteiger partial charge on any atom is 0.293 e. The van der Waals surface area contributed by atoms with Crippen molar-refractivity contribution in [1.82, 2.24) is 0 Å². The summed E-state index contributed by atoms with van der Waals surface area (Å²) in [5.74, 6) is -0.513.